The summed E-state index contributed by atoms with van der Waals surface area (Å²) >= 11 is 0. The average Bonchev–Trinajstić information content (AvgIpc) is 2.48. The van der Waals surface area contributed by atoms with Crippen molar-refractivity contribution < 1.29 is 9.53 Å². The van der Waals surface area contributed by atoms with Crippen LogP contribution in [0.15, 0.2) is 48.5 Å². The SMILES string of the molecule is COc1ccccc1NC(=O)NC(C)c1ccc(C)cc1. The van der Waals surface area contributed by atoms with Crippen LogP contribution in [0.1, 0.15) is 24.1 Å². The lowest BCUT2D eigenvalue weighted by Gasteiger charge is -2.16. The van der Waals surface area contributed by atoms with Gasteiger partial charge in [-0.25, -0.2) is 4.79 Å². The Kier molecular flexibility index (Phi) is 4.82. The van der Waals surface area contributed by atoms with Gasteiger partial charge in [-0.3, -0.25) is 0 Å². The summed E-state index contributed by atoms with van der Waals surface area (Å²) in [5.41, 5.74) is 2.91. The summed E-state index contributed by atoms with van der Waals surface area (Å²) in [5, 5.41) is 5.71. The van der Waals surface area contributed by atoms with Gasteiger partial charge < -0.3 is 15.4 Å². The van der Waals surface area contributed by atoms with E-state index in [1.165, 1.54) is 5.56 Å². The van der Waals surface area contributed by atoms with Gasteiger partial charge in [-0.2, -0.15) is 0 Å². The molecule has 2 aromatic carbocycles. The number of methoxy groups -OCH3 is 1. The predicted molar refractivity (Wildman–Crippen MR) is 84.7 cm³/mol. The number of urea groups is 1. The molecule has 0 radical (unpaired) electrons. The van der Waals surface area contributed by atoms with Crippen LogP contribution in [-0.4, -0.2) is 13.1 Å². The van der Waals surface area contributed by atoms with Crippen LogP contribution in [0.25, 0.3) is 0 Å². The molecule has 2 aromatic rings. The summed E-state index contributed by atoms with van der Waals surface area (Å²) < 4.78 is 5.21. The van der Waals surface area contributed by atoms with E-state index in [4.69, 9.17) is 4.74 Å². The first-order chi connectivity index (χ1) is 10.1. The molecule has 0 aliphatic rings. The summed E-state index contributed by atoms with van der Waals surface area (Å²) in [7, 11) is 1.58. The van der Waals surface area contributed by atoms with Crippen molar-refractivity contribution in [3.05, 3.63) is 59.7 Å². The van der Waals surface area contributed by atoms with E-state index < -0.39 is 0 Å². The second kappa shape index (κ2) is 6.79. The molecule has 1 unspecified atom stereocenters. The lowest BCUT2D eigenvalue weighted by atomic mass is 10.1. The highest BCUT2D eigenvalue weighted by molar-refractivity contribution is 5.91. The molecule has 0 spiro atoms. The Morgan fingerprint density at radius 3 is 2.43 bits per heavy atom. The van der Waals surface area contributed by atoms with E-state index >= 15 is 0 Å². The molecule has 0 fully saturated rings. The van der Waals surface area contributed by atoms with Gasteiger partial charge in [0.15, 0.2) is 0 Å². The third-order valence-corrected chi connectivity index (χ3v) is 3.28. The minimum Gasteiger partial charge on any atom is -0.495 e. The van der Waals surface area contributed by atoms with Gasteiger partial charge in [0.2, 0.25) is 0 Å². The van der Waals surface area contributed by atoms with Crippen LogP contribution in [0.2, 0.25) is 0 Å². The highest BCUT2D eigenvalue weighted by Crippen LogP contribution is 2.23. The zero-order chi connectivity index (χ0) is 15.2. The van der Waals surface area contributed by atoms with Crippen LogP contribution in [0.4, 0.5) is 10.5 Å². The van der Waals surface area contributed by atoms with E-state index in [0.29, 0.717) is 11.4 Å². The average molecular weight is 284 g/mol. The van der Waals surface area contributed by atoms with Crippen LogP contribution in [0, 0.1) is 6.92 Å². The highest BCUT2D eigenvalue weighted by Gasteiger charge is 2.11. The molecule has 1 atom stereocenters. The number of para-hydroxylation sites is 2. The quantitative estimate of drug-likeness (QED) is 0.895. The van der Waals surface area contributed by atoms with E-state index in [9.17, 15) is 4.79 Å². The van der Waals surface area contributed by atoms with Crippen molar-refractivity contribution in [2.24, 2.45) is 0 Å². The summed E-state index contributed by atoms with van der Waals surface area (Å²) in [6, 6.07) is 15.1. The molecule has 0 aromatic heterocycles. The van der Waals surface area contributed by atoms with Crippen LogP contribution < -0.4 is 15.4 Å². The van der Waals surface area contributed by atoms with Gasteiger partial charge in [0.05, 0.1) is 18.8 Å². The fourth-order valence-electron chi connectivity index (χ4n) is 2.04. The van der Waals surface area contributed by atoms with Gasteiger partial charge >= 0.3 is 6.03 Å². The number of carbonyl (C=O) groups is 1. The molecule has 0 heterocycles. The van der Waals surface area contributed by atoms with Crippen LogP contribution in [0.3, 0.4) is 0 Å². The number of rotatable bonds is 4. The van der Waals surface area contributed by atoms with Crippen molar-refractivity contribution in [2.75, 3.05) is 12.4 Å². The molecule has 110 valence electrons. The fourth-order valence-corrected chi connectivity index (χ4v) is 2.04. The van der Waals surface area contributed by atoms with Crippen molar-refractivity contribution >= 4 is 11.7 Å². The van der Waals surface area contributed by atoms with Crippen molar-refractivity contribution in [3.63, 3.8) is 0 Å². The molecular weight excluding hydrogens is 264 g/mol. The first-order valence-electron chi connectivity index (χ1n) is 6.87. The van der Waals surface area contributed by atoms with Crippen LogP contribution in [0.5, 0.6) is 5.75 Å². The summed E-state index contributed by atoms with van der Waals surface area (Å²) in [6.07, 6.45) is 0. The fraction of sp³-hybridized carbons (Fsp3) is 0.235. The molecule has 0 bridgehead atoms. The zero-order valence-electron chi connectivity index (χ0n) is 12.5. The molecule has 21 heavy (non-hydrogen) atoms. The lowest BCUT2D eigenvalue weighted by molar-refractivity contribution is 0.249. The van der Waals surface area contributed by atoms with E-state index in [2.05, 4.69) is 10.6 Å². The molecule has 2 rings (SSSR count). The van der Waals surface area contributed by atoms with Gasteiger partial charge in [-0.15, -0.1) is 0 Å². The maximum atomic E-state index is 12.1. The van der Waals surface area contributed by atoms with Crippen LogP contribution >= 0.6 is 0 Å². The first kappa shape index (κ1) is 14.9. The maximum absolute atomic E-state index is 12.1. The minimum atomic E-state index is -0.257. The normalized spacial score (nSPS) is 11.6. The second-order valence-electron chi connectivity index (χ2n) is 4.93. The Labute approximate surface area is 125 Å². The monoisotopic (exact) mass is 284 g/mol. The standard InChI is InChI=1S/C17H20N2O2/c1-12-8-10-14(11-9-12)13(2)18-17(20)19-15-6-4-5-7-16(15)21-3/h4-11,13H,1-3H3,(H2,18,19,20). The van der Waals surface area contributed by atoms with Crippen molar-refractivity contribution in [1.82, 2.24) is 5.32 Å². The minimum absolute atomic E-state index is 0.0692. The Hall–Kier alpha value is -2.49. The van der Waals surface area contributed by atoms with Gasteiger partial charge in [0.25, 0.3) is 0 Å². The van der Waals surface area contributed by atoms with Crippen molar-refractivity contribution in [2.45, 2.75) is 19.9 Å². The van der Waals surface area contributed by atoms with Crippen molar-refractivity contribution in [3.8, 4) is 5.75 Å². The van der Waals surface area contributed by atoms with Gasteiger partial charge in [0.1, 0.15) is 5.75 Å². The maximum Gasteiger partial charge on any atom is 0.319 e. The first-order valence-corrected chi connectivity index (χ1v) is 6.87. The third kappa shape index (κ3) is 3.99. The molecule has 2 N–H and O–H groups in total. The lowest BCUT2D eigenvalue weighted by Crippen LogP contribution is -2.31. The molecule has 0 aliphatic carbocycles. The molecule has 2 amide bonds. The molecule has 4 heteroatoms. The number of aryl methyl sites for hydroxylation is 1. The number of anilines is 1. The Morgan fingerprint density at radius 2 is 1.76 bits per heavy atom. The number of carbonyl (C=O) groups excluding carboxylic acids is 1. The molecule has 4 nitrogen and oxygen atoms in total. The van der Waals surface area contributed by atoms with Gasteiger partial charge in [-0.1, -0.05) is 42.0 Å². The summed E-state index contributed by atoms with van der Waals surface area (Å²) in [4.78, 5) is 12.1. The smallest absolute Gasteiger partial charge is 0.319 e. The summed E-state index contributed by atoms with van der Waals surface area (Å²) in [5.74, 6) is 0.635. The number of ether oxygens (including phenoxy) is 1. The Bertz CT molecular complexity index is 608. The predicted octanol–water partition coefficient (Wildman–Crippen LogP) is 3.89. The summed E-state index contributed by atoms with van der Waals surface area (Å²) in [6.45, 7) is 3.99. The number of benzene rings is 2. The molecular formula is C17H20N2O2. The van der Waals surface area contributed by atoms with E-state index in [0.717, 1.165) is 5.56 Å². The topological polar surface area (TPSA) is 50.4 Å². The Morgan fingerprint density at radius 1 is 1.10 bits per heavy atom. The van der Waals surface area contributed by atoms with Crippen LogP contribution in [-0.2, 0) is 0 Å². The van der Waals surface area contributed by atoms with Crippen molar-refractivity contribution in [1.29, 1.82) is 0 Å². The number of amides is 2. The third-order valence-electron chi connectivity index (χ3n) is 3.28. The zero-order valence-corrected chi connectivity index (χ0v) is 12.5. The van der Waals surface area contributed by atoms with Gasteiger partial charge in [-0.05, 0) is 31.5 Å². The van der Waals surface area contributed by atoms with E-state index in [1.807, 2.05) is 50.2 Å². The second-order valence-corrected chi connectivity index (χ2v) is 4.93. The largest absolute Gasteiger partial charge is 0.495 e. The van der Waals surface area contributed by atoms with Gasteiger partial charge in [0, 0.05) is 0 Å². The van der Waals surface area contributed by atoms with E-state index in [-0.39, 0.29) is 12.1 Å². The number of hydrogen-bond donors (Lipinski definition) is 2. The number of hydrogen-bond acceptors (Lipinski definition) is 2. The highest BCUT2D eigenvalue weighted by atomic mass is 16.5. The Balaban J connectivity index is 1.99. The molecule has 0 saturated heterocycles. The number of nitrogens with one attached hydrogen (secondary N) is 2. The molecule has 0 saturated carbocycles. The molecule has 0 aliphatic heterocycles. The van der Waals surface area contributed by atoms with E-state index in [1.54, 1.807) is 19.2 Å².